The molecule has 0 amide bonds. The van der Waals surface area contributed by atoms with E-state index >= 15 is 0 Å². The summed E-state index contributed by atoms with van der Waals surface area (Å²) in [5, 5.41) is 15.0. The number of hydrazone groups is 1. The van der Waals surface area contributed by atoms with Gasteiger partial charge < -0.3 is 15.4 Å². The summed E-state index contributed by atoms with van der Waals surface area (Å²) in [6, 6.07) is 17.2. The smallest absolute Gasteiger partial charge is 0.331 e. The summed E-state index contributed by atoms with van der Waals surface area (Å²) < 4.78 is 1.15. The molecular formula is C22H23N5O3. The molecule has 1 aromatic heterocycles. The zero-order valence-electron chi connectivity index (χ0n) is 16.8. The third kappa shape index (κ3) is 3.71. The van der Waals surface area contributed by atoms with Crippen molar-refractivity contribution in [3.63, 3.8) is 0 Å². The largest absolute Gasteiger partial charge is 0.494 e. The minimum atomic E-state index is -0.660. The Morgan fingerprint density at radius 1 is 1.10 bits per heavy atom. The highest BCUT2D eigenvalue weighted by atomic mass is 16.3. The van der Waals surface area contributed by atoms with Gasteiger partial charge in [-0.3, -0.25) is 14.3 Å². The average Bonchev–Trinajstić information content (AvgIpc) is 3.21. The summed E-state index contributed by atoms with van der Waals surface area (Å²) in [4.78, 5) is 29.1. The third-order valence-corrected chi connectivity index (χ3v) is 5.21. The fraction of sp³-hybridized carbons (Fsp3) is 0.227. The molecule has 4 rings (SSSR count). The molecule has 8 nitrogen and oxygen atoms in total. The molecule has 0 bridgehead atoms. The van der Waals surface area contributed by atoms with E-state index < -0.39 is 11.2 Å². The first kappa shape index (κ1) is 19.5. The van der Waals surface area contributed by atoms with E-state index in [4.69, 9.17) is 0 Å². The number of aromatic hydroxyl groups is 1. The van der Waals surface area contributed by atoms with Gasteiger partial charge in [-0.25, -0.2) is 4.79 Å². The summed E-state index contributed by atoms with van der Waals surface area (Å²) in [6.07, 6.45) is 0.418. The highest BCUT2D eigenvalue weighted by molar-refractivity contribution is 6.03. The van der Waals surface area contributed by atoms with Gasteiger partial charge in [0.15, 0.2) is 0 Å². The van der Waals surface area contributed by atoms with Crippen molar-refractivity contribution in [2.75, 3.05) is 19.0 Å². The van der Waals surface area contributed by atoms with E-state index in [1.54, 1.807) is 0 Å². The van der Waals surface area contributed by atoms with Crippen LogP contribution in [0.4, 0.5) is 5.69 Å². The van der Waals surface area contributed by atoms with Gasteiger partial charge in [0.05, 0.1) is 18.3 Å². The number of nitrogens with one attached hydrogen (secondary N) is 2. The van der Waals surface area contributed by atoms with E-state index in [0.717, 1.165) is 21.4 Å². The van der Waals surface area contributed by atoms with Crippen molar-refractivity contribution in [3.05, 3.63) is 92.1 Å². The van der Waals surface area contributed by atoms with Gasteiger partial charge in [-0.1, -0.05) is 42.5 Å². The Kier molecular flexibility index (Phi) is 5.14. The van der Waals surface area contributed by atoms with Crippen molar-refractivity contribution < 1.29 is 5.11 Å². The second-order valence-electron chi connectivity index (χ2n) is 7.46. The number of hydrogen-bond acceptors (Lipinski definition) is 6. The van der Waals surface area contributed by atoms with Crippen LogP contribution in [-0.2, 0) is 6.54 Å². The molecule has 8 heteroatoms. The maximum Gasteiger partial charge on any atom is 0.331 e. The van der Waals surface area contributed by atoms with E-state index in [1.807, 2.05) is 73.6 Å². The maximum atomic E-state index is 12.5. The molecule has 0 saturated carbocycles. The monoisotopic (exact) mass is 405 g/mol. The van der Waals surface area contributed by atoms with Crippen LogP contribution in [0.25, 0.3) is 0 Å². The fourth-order valence-electron chi connectivity index (χ4n) is 3.53. The zero-order chi connectivity index (χ0) is 21.3. The molecule has 1 aliphatic rings. The summed E-state index contributed by atoms with van der Waals surface area (Å²) in [6.45, 7) is 0.144. The predicted octanol–water partition coefficient (Wildman–Crippen LogP) is 1.80. The molecule has 1 atom stereocenters. The molecule has 1 aliphatic heterocycles. The Labute approximate surface area is 173 Å². The van der Waals surface area contributed by atoms with Gasteiger partial charge >= 0.3 is 5.69 Å². The van der Waals surface area contributed by atoms with Gasteiger partial charge in [0.1, 0.15) is 5.56 Å². The first-order chi connectivity index (χ1) is 14.4. The minimum Gasteiger partial charge on any atom is -0.494 e. The van der Waals surface area contributed by atoms with Crippen molar-refractivity contribution >= 4 is 11.4 Å². The van der Waals surface area contributed by atoms with Crippen LogP contribution in [0.1, 0.15) is 29.2 Å². The molecule has 2 aromatic carbocycles. The number of nitrogens with zero attached hydrogens (tertiary/aromatic N) is 3. The van der Waals surface area contributed by atoms with E-state index in [2.05, 4.69) is 15.5 Å². The number of H-pyrrole nitrogens is 1. The Morgan fingerprint density at radius 2 is 1.80 bits per heavy atom. The zero-order valence-corrected chi connectivity index (χ0v) is 16.8. The lowest BCUT2D eigenvalue weighted by molar-refractivity contribution is 0.408. The molecule has 0 saturated heterocycles. The first-order valence-electron chi connectivity index (χ1n) is 9.64. The molecule has 3 N–H and O–H groups in total. The van der Waals surface area contributed by atoms with Gasteiger partial charge in [0.2, 0.25) is 5.88 Å². The molecule has 0 fully saturated rings. The van der Waals surface area contributed by atoms with E-state index in [0.29, 0.717) is 12.1 Å². The van der Waals surface area contributed by atoms with Crippen LogP contribution in [-0.4, -0.2) is 34.5 Å². The Balaban J connectivity index is 1.62. The number of hydrogen-bond donors (Lipinski definition) is 3. The van der Waals surface area contributed by atoms with Crippen molar-refractivity contribution in [1.29, 1.82) is 0 Å². The van der Waals surface area contributed by atoms with Gasteiger partial charge in [-0.05, 0) is 23.3 Å². The fourth-order valence-corrected chi connectivity index (χ4v) is 3.53. The molecule has 0 radical (unpaired) electrons. The van der Waals surface area contributed by atoms with Crippen molar-refractivity contribution in [2.45, 2.75) is 19.0 Å². The third-order valence-electron chi connectivity index (χ3n) is 5.21. The minimum absolute atomic E-state index is 0.0189. The molecule has 0 spiro atoms. The number of aromatic amines is 1. The predicted molar refractivity (Wildman–Crippen MR) is 116 cm³/mol. The van der Waals surface area contributed by atoms with Gasteiger partial charge in [0, 0.05) is 26.2 Å². The topological polar surface area (TPSA) is 103 Å². The first-order valence-corrected chi connectivity index (χ1v) is 9.64. The molecule has 154 valence electrons. The van der Waals surface area contributed by atoms with Crippen LogP contribution in [0.5, 0.6) is 5.88 Å². The lowest BCUT2D eigenvalue weighted by Crippen LogP contribution is -2.34. The lowest BCUT2D eigenvalue weighted by Gasteiger charge is -2.15. The number of anilines is 1. The second-order valence-corrected chi connectivity index (χ2v) is 7.46. The van der Waals surface area contributed by atoms with Crippen LogP contribution in [0.15, 0.2) is 69.3 Å². The number of benzene rings is 2. The van der Waals surface area contributed by atoms with Gasteiger partial charge in [-0.15, -0.1) is 0 Å². The van der Waals surface area contributed by atoms with Crippen LogP contribution < -0.4 is 21.6 Å². The summed E-state index contributed by atoms with van der Waals surface area (Å²) >= 11 is 0. The number of rotatable bonds is 5. The lowest BCUT2D eigenvalue weighted by atomic mass is 9.99. The van der Waals surface area contributed by atoms with Crippen LogP contribution in [0.2, 0.25) is 0 Å². The van der Waals surface area contributed by atoms with E-state index in [9.17, 15) is 14.7 Å². The van der Waals surface area contributed by atoms with Crippen LogP contribution >= 0.6 is 0 Å². The molecule has 30 heavy (non-hydrogen) atoms. The normalized spacial score (nSPS) is 15.5. The van der Waals surface area contributed by atoms with Crippen LogP contribution in [0, 0.1) is 0 Å². The van der Waals surface area contributed by atoms with Gasteiger partial charge in [0.25, 0.3) is 5.56 Å². The standard InChI is InChI=1S/C22H23N5O3/c1-26(2)16-10-8-15(9-11-16)17-12-18(25-24-17)19-20(28)23-22(30)27(21(19)29)13-14-6-4-3-5-7-14/h3-11,17,24,29H,12-13H2,1-2H3,(H,23,28,30)/t17-/m1/s1. The maximum absolute atomic E-state index is 12.5. The van der Waals surface area contributed by atoms with Gasteiger partial charge in [-0.2, -0.15) is 5.10 Å². The van der Waals surface area contributed by atoms with Crippen molar-refractivity contribution in [1.82, 2.24) is 15.0 Å². The molecule has 2 heterocycles. The second kappa shape index (κ2) is 7.90. The summed E-state index contributed by atoms with van der Waals surface area (Å²) in [7, 11) is 3.95. The van der Waals surface area contributed by atoms with Crippen molar-refractivity contribution in [3.8, 4) is 5.88 Å². The van der Waals surface area contributed by atoms with Crippen LogP contribution in [0.3, 0.4) is 0 Å². The Morgan fingerprint density at radius 3 is 2.47 bits per heavy atom. The highest BCUT2D eigenvalue weighted by Gasteiger charge is 2.27. The Hall–Kier alpha value is -3.81. The molecular weight excluding hydrogens is 382 g/mol. The van der Waals surface area contributed by atoms with E-state index in [-0.39, 0.29) is 24.0 Å². The molecule has 0 unspecified atom stereocenters. The van der Waals surface area contributed by atoms with E-state index in [1.165, 1.54) is 0 Å². The summed E-state index contributed by atoms with van der Waals surface area (Å²) in [5.41, 5.74) is 5.09. The molecule has 3 aromatic rings. The molecule has 0 aliphatic carbocycles. The quantitative estimate of drug-likeness (QED) is 0.601. The van der Waals surface area contributed by atoms with Crippen molar-refractivity contribution in [2.24, 2.45) is 5.10 Å². The Bertz CT molecular complexity index is 1190. The highest BCUT2D eigenvalue weighted by Crippen LogP contribution is 2.27. The SMILES string of the molecule is CN(C)c1ccc([C@H]2CC(c3c(O)n(Cc4ccccc4)c(=O)[nH]c3=O)=NN2)cc1. The number of aromatic nitrogens is 2. The summed E-state index contributed by atoms with van der Waals surface area (Å²) in [5.74, 6) is -0.378. The average molecular weight is 405 g/mol.